The highest BCUT2D eigenvalue weighted by atomic mass is 19.4. The van der Waals surface area contributed by atoms with Gasteiger partial charge in [-0.3, -0.25) is 4.79 Å². The van der Waals surface area contributed by atoms with Crippen LogP contribution in [0.4, 0.5) is 23.4 Å². The minimum atomic E-state index is -4.82. The maximum atomic E-state index is 14.0. The van der Waals surface area contributed by atoms with Gasteiger partial charge in [0.1, 0.15) is 11.6 Å². The van der Waals surface area contributed by atoms with Crippen LogP contribution >= 0.6 is 0 Å². The lowest BCUT2D eigenvalue weighted by Gasteiger charge is -2.10. The predicted molar refractivity (Wildman–Crippen MR) is 92.8 cm³/mol. The minimum Gasteiger partial charge on any atom is -0.406 e. The van der Waals surface area contributed by atoms with Gasteiger partial charge in [0.2, 0.25) is 11.9 Å². The van der Waals surface area contributed by atoms with Crippen LogP contribution in [0.5, 0.6) is 5.75 Å². The Kier molecular flexibility index (Phi) is 7.32. The molecule has 1 aromatic carbocycles. The van der Waals surface area contributed by atoms with Gasteiger partial charge in [0.25, 0.3) is 0 Å². The van der Waals surface area contributed by atoms with E-state index in [0.29, 0.717) is 36.8 Å². The molecule has 9 heteroatoms. The Hall–Kier alpha value is -3.15. The molecule has 0 fully saturated rings. The standard InChI is InChI=1S/C19H17F4N3O2/c20-18-14(6-2-1-3-10-24)8-9-16(26-18)25-17(27)12-13-5-4-7-15(11-13)28-19(21,22)23/h4-5,7-9,11H,1-3,6,12H2,(H,25,26,27). The molecule has 0 aliphatic heterocycles. The first-order valence-electron chi connectivity index (χ1n) is 8.44. The summed E-state index contributed by atoms with van der Waals surface area (Å²) in [7, 11) is 0. The Morgan fingerprint density at radius 2 is 2.00 bits per heavy atom. The second kappa shape index (κ2) is 9.69. The third-order valence-electron chi connectivity index (χ3n) is 3.67. The number of benzene rings is 1. The number of aryl methyl sites for hydroxylation is 1. The normalized spacial score (nSPS) is 11.0. The summed E-state index contributed by atoms with van der Waals surface area (Å²) in [4.78, 5) is 15.7. The Balaban J connectivity index is 1.93. The van der Waals surface area contributed by atoms with Crippen LogP contribution in [0.15, 0.2) is 36.4 Å². The molecule has 1 N–H and O–H groups in total. The van der Waals surface area contributed by atoms with Crippen molar-refractivity contribution < 1.29 is 27.1 Å². The van der Waals surface area contributed by atoms with E-state index in [2.05, 4.69) is 15.0 Å². The Morgan fingerprint density at radius 1 is 1.21 bits per heavy atom. The van der Waals surface area contributed by atoms with E-state index < -0.39 is 24.0 Å². The third-order valence-corrected chi connectivity index (χ3v) is 3.67. The lowest BCUT2D eigenvalue weighted by atomic mass is 10.1. The average molecular weight is 395 g/mol. The number of rotatable bonds is 8. The number of ether oxygens (including phenoxy) is 1. The molecule has 0 bridgehead atoms. The highest BCUT2D eigenvalue weighted by Crippen LogP contribution is 2.23. The summed E-state index contributed by atoms with van der Waals surface area (Å²) in [5.41, 5.74) is 0.682. The van der Waals surface area contributed by atoms with Crippen LogP contribution in [0.25, 0.3) is 0 Å². The van der Waals surface area contributed by atoms with E-state index in [4.69, 9.17) is 5.26 Å². The van der Waals surface area contributed by atoms with E-state index in [1.54, 1.807) is 0 Å². The molecular weight excluding hydrogens is 378 g/mol. The summed E-state index contributed by atoms with van der Waals surface area (Å²) in [6.07, 6.45) is -2.91. The van der Waals surface area contributed by atoms with Crippen molar-refractivity contribution in [2.24, 2.45) is 0 Å². The molecule has 2 aromatic rings. The van der Waals surface area contributed by atoms with E-state index in [0.717, 1.165) is 12.1 Å². The van der Waals surface area contributed by atoms with Crippen LogP contribution in [-0.4, -0.2) is 17.3 Å². The number of amides is 1. The molecule has 0 saturated heterocycles. The molecule has 0 unspecified atom stereocenters. The number of carbonyl (C=O) groups is 1. The Labute approximate surface area is 159 Å². The number of anilines is 1. The van der Waals surface area contributed by atoms with Gasteiger partial charge in [-0.05, 0) is 43.0 Å². The minimum absolute atomic E-state index is 0.00553. The lowest BCUT2D eigenvalue weighted by Crippen LogP contribution is -2.18. The van der Waals surface area contributed by atoms with Gasteiger partial charge < -0.3 is 10.1 Å². The molecule has 0 atom stereocenters. The van der Waals surface area contributed by atoms with Crippen LogP contribution in [-0.2, 0) is 17.6 Å². The number of halogens is 4. The van der Waals surface area contributed by atoms with E-state index >= 15 is 0 Å². The molecule has 0 aliphatic carbocycles. The van der Waals surface area contributed by atoms with Gasteiger partial charge in [0.05, 0.1) is 12.5 Å². The smallest absolute Gasteiger partial charge is 0.406 e. The number of nitrogens with zero attached hydrogens (tertiary/aromatic N) is 2. The number of hydrogen-bond acceptors (Lipinski definition) is 4. The maximum Gasteiger partial charge on any atom is 0.573 e. The van der Waals surface area contributed by atoms with Crippen molar-refractivity contribution in [3.05, 3.63) is 53.5 Å². The SMILES string of the molecule is N#CCCCCc1ccc(NC(=O)Cc2cccc(OC(F)(F)F)c2)nc1F. The molecule has 0 spiro atoms. The number of carbonyl (C=O) groups excluding carboxylic acids is 1. The highest BCUT2D eigenvalue weighted by Gasteiger charge is 2.31. The number of pyridine rings is 1. The van der Waals surface area contributed by atoms with Crippen LogP contribution in [0.1, 0.15) is 30.4 Å². The summed E-state index contributed by atoms with van der Waals surface area (Å²) in [6.45, 7) is 0. The van der Waals surface area contributed by atoms with E-state index in [1.807, 2.05) is 6.07 Å². The second-order valence-corrected chi connectivity index (χ2v) is 5.93. The van der Waals surface area contributed by atoms with Crippen LogP contribution in [0, 0.1) is 17.3 Å². The molecule has 28 heavy (non-hydrogen) atoms. The van der Waals surface area contributed by atoms with Crippen LogP contribution in [0.2, 0.25) is 0 Å². The fourth-order valence-electron chi connectivity index (χ4n) is 2.46. The molecule has 1 amide bonds. The van der Waals surface area contributed by atoms with Crippen molar-refractivity contribution in [1.29, 1.82) is 5.26 Å². The summed E-state index contributed by atoms with van der Waals surface area (Å²) < 4.78 is 54.6. The van der Waals surface area contributed by atoms with Gasteiger partial charge in [-0.25, -0.2) is 4.98 Å². The van der Waals surface area contributed by atoms with E-state index in [-0.39, 0.29) is 12.2 Å². The highest BCUT2D eigenvalue weighted by molar-refractivity contribution is 5.91. The number of nitriles is 1. The summed E-state index contributed by atoms with van der Waals surface area (Å²) in [6, 6.07) is 10.0. The number of hydrogen-bond donors (Lipinski definition) is 1. The van der Waals surface area contributed by atoms with Gasteiger partial charge >= 0.3 is 6.36 Å². The molecule has 5 nitrogen and oxygen atoms in total. The molecule has 1 aromatic heterocycles. The Morgan fingerprint density at radius 3 is 2.68 bits per heavy atom. The third kappa shape index (κ3) is 7.23. The van der Waals surface area contributed by atoms with Crippen molar-refractivity contribution in [2.45, 2.75) is 38.5 Å². The fraction of sp³-hybridized carbons (Fsp3) is 0.316. The van der Waals surface area contributed by atoms with Crippen molar-refractivity contribution in [3.8, 4) is 11.8 Å². The van der Waals surface area contributed by atoms with E-state index in [1.165, 1.54) is 24.3 Å². The lowest BCUT2D eigenvalue weighted by molar-refractivity contribution is -0.274. The van der Waals surface area contributed by atoms with Crippen LogP contribution < -0.4 is 10.1 Å². The molecule has 0 saturated carbocycles. The van der Waals surface area contributed by atoms with Crippen molar-refractivity contribution in [1.82, 2.24) is 4.98 Å². The molecule has 2 rings (SSSR count). The molecular formula is C19H17F4N3O2. The zero-order valence-corrected chi connectivity index (χ0v) is 14.7. The van der Waals surface area contributed by atoms with Gasteiger partial charge in [-0.15, -0.1) is 13.2 Å². The fourth-order valence-corrected chi connectivity index (χ4v) is 2.46. The van der Waals surface area contributed by atoms with Gasteiger partial charge in [0.15, 0.2) is 0 Å². The number of unbranched alkanes of at least 4 members (excludes halogenated alkanes) is 2. The summed E-state index contributed by atoms with van der Waals surface area (Å²) in [5.74, 6) is -1.69. The average Bonchev–Trinajstić information content (AvgIpc) is 2.59. The molecule has 148 valence electrons. The van der Waals surface area contributed by atoms with E-state index in [9.17, 15) is 22.4 Å². The second-order valence-electron chi connectivity index (χ2n) is 5.93. The topological polar surface area (TPSA) is 75.0 Å². The van der Waals surface area contributed by atoms with Gasteiger partial charge in [-0.1, -0.05) is 18.2 Å². The summed E-state index contributed by atoms with van der Waals surface area (Å²) >= 11 is 0. The van der Waals surface area contributed by atoms with Crippen molar-refractivity contribution in [3.63, 3.8) is 0 Å². The molecule has 0 radical (unpaired) electrons. The largest absolute Gasteiger partial charge is 0.573 e. The van der Waals surface area contributed by atoms with Gasteiger partial charge in [0, 0.05) is 12.0 Å². The molecule has 0 aliphatic rings. The zero-order chi connectivity index (χ0) is 20.6. The van der Waals surface area contributed by atoms with Crippen LogP contribution in [0.3, 0.4) is 0 Å². The number of nitrogens with one attached hydrogen (secondary N) is 1. The van der Waals surface area contributed by atoms with Gasteiger partial charge in [-0.2, -0.15) is 9.65 Å². The maximum absolute atomic E-state index is 14.0. The zero-order valence-electron chi connectivity index (χ0n) is 14.7. The first-order chi connectivity index (χ1) is 13.3. The van der Waals surface area contributed by atoms with Crippen molar-refractivity contribution >= 4 is 11.7 Å². The predicted octanol–water partition coefficient (Wildman–Crippen LogP) is 4.54. The van der Waals surface area contributed by atoms with Crippen molar-refractivity contribution in [2.75, 3.05) is 5.32 Å². The monoisotopic (exact) mass is 395 g/mol. The number of alkyl halides is 3. The first-order valence-corrected chi connectivity index (χ1v) is 8.44. The first kappa shape index (κ1) is 21.2. The summed E-state index contributed by atoms with van der Waals surface area (Å²) in [5, 5.41) is 10.9. The number of aromatic nitrogens is 1. The quantitative estimate of drug-likeness (QED) is 0.405. The Bertz CT molecular complexity index is 863. The molecule has 1 heterocycles.